The third kappa shape index (κ3) is 3.33. The fourth-order valence-electron chi connectivity index (χ4n) is 2.46. The number of hydrogen-bond acceptors (Lipinski definition) is 3. The van der Waals surface area contributed by atoms with Crippen LogP contribution < -0.4 is 5.56 Å². The second-order valence-electron chi connectivity index (χ2n) is 5.39. The first kappa shape index (κ1) is 16.6. The second kappa shape index (κ2) is 7.13. The molecule has 24 heavy (non-hydrogen) atoms. The quantitative estimate of drug-likeness (QED) is 0.508. The first-order valence-electron chi connectivity index (χ1n) is 7.66. The van der Waals surface area contributed by atoms with Crippen molar-refractivity contribution in [1.29, 1.82) is 0 Å². The van der Waals surface area contributed by atoms with Gasteiger partial charge in [0.1, 0.15) is 11.6 Å². The molecule has 0 atom stereocenters. The van der Waals surface area contributed by atoms with Crippen LogP contribution in [0.2, 0.25) is 0 Å². The summed E-state index contributed by atoms with van der Waals surface area (Å²) >= 11 is 1.28. The molecule has 0 aliphatic heterocycles. The highest BCUT2D eigenvalue weighted by Gasteiger charge is 2.12. The smallest absolute Gasteiger partial charge is 0.262 e. The van der Waals surface area contributed by atoms with Crippen LogP contribution in [0.4, 0.5) is 8.78 Å². The molecule has 0 amide bonds. The van der Waals surface area contributed by atoms with Crippen LogP contribution >= 0.6 is 11.8 Å². The van der Waals surface area contributed by atoms with Gasteiger partial charge in [0.2, 0.25) is 0 Å². The standard InChI is InChI=1S/C18H16F2N2OS/c1-2-9-22-17(23)14-5-3-4-6-16(14)21-18(22)24-11-12-7-8-13(19)10-15(12)20/h3-8,10H,2,9,11H2,1H3. The van der Waals surface area contributed by atoms with Crippen molar-refractivity contribution in [2.24, 2.45) is 0 Å². The summed E-state index contributed by atoms with van der Waals surface area (Å²) in [6.45, 7) is 2.53. The van der Waals surface area contributed by atoms with E-state index in [0.717, 1.165) is 12.5 Å². The zero-order valence-electron chi connectivity index (χ0n) is 13.1. The number of thioether (sulfide) groups is 1. The highest BCUT2D eigenvalue weighted by atomic mass is 32.2. The van der Waals surface area contributed by atoms with Crippen LogP contribution in [0.3, 0.4) is 0 Å². The van der Waals surface area contributed by atoms with E-state index in [9.17, 15) is 13.6 Å². The minimum Gasteiger partial charge on any atom is -0.287 e. The summed E-state index contributed by atoms with van der Waals surface area (Å²) in [5.74, 6) is -0.915. The third-order valence-electron chi connectivity index (χ3n) is 3.65. The fraction of sp³-hybridized carbons (Fsp3) is 0.222. The minimum atomic E-state index is -0.604. The molecule has 124 valence electrons. The van der Waals surface area contributed by atoms with Crippen LogP contribution in [0.25, 0.3) is 10.9 Å². The molecule has 0 radical (unpaired) electrons. The van der Waals surface area contributed by atoms with Crippen LogP contribution in [0.5, 0.6) is 0 Å². The highest BCUT2D eigenvalue weighted by Crippen LogP contribution is 2.24. The lowest BCUT2D eigenvalue weighted by Gasteiger charge is -2.12. The first-order chi connectivity index (χ1) is 11.6. The molecule has 3 aromatic rings. The summed E-state index contributed by atoms with van der Waals surface area (Å²) < 4.78 is 28.4. The van der Waals surface area contributed by atoms with Gasteiger partial charge in [-0.05, 0) is 30.2 Å². The number of aromatic nitrogens is 2. The van der Waals surface area contributed by atoms with Gasteiger partial charge in [0.05, 0.1) is 10.9 Å². The molecule has 0 aliphatic rings. The summed E-state index contributed by atoms with van der Waals surface area (Å²) in [6.07, 6.45) is 0.790. The Morgan fingerprint density at radius 1 is 1.17 bits per heavy atom. The third-order valence-corrected chi connectivity index (χ3v) is 4.67. The van der Waals surface area contributed by atoms with Gasteiger partial charge in [-0.3, -0.25) is 9.36 Å². The van der Waals surface area contributed by atoms with Gasteiger partial charge in [-0.1, -0.05) is 36.9 Å². The van der Waals surface area contributed by atoms with Crippen LogP contribution in [0.15, 0.2) is 52.4 Å². The van der Waals surface area contributed by atoms with E-state index in [2.05, 4.69) is 4.98 Å². The number of hydrogen-bond donors (Lipinski definition) is 0. The van der Waals surface area contributed by atoms with Crippen molar-refractivity contribution in [3.63, 3.8) is 0 Å². The van der Waals surface area contributed by atoms with Crippen LogP contribution in [-0.4, -0.2) is 9.55 Å². The van der Waals surface area contributed by atoms with Crippen LogP contribution in [0.1, 0.15) is 18.9 Å². The molecular weight excluding hydrogens is 330 g/mol. The Morgan fingerprint density at radius 3 is 2.71 bits per heavy atom. The summed E-state index contributed by atoms with van der Waals surface area (Å²) in [5.41, 5.74) is 0.910. The lowest BCUT2D eigenvalue weighted by molar-refractivity contribution is 0.575. The topological polar surface area (TPSA) is 34.9 Å². The number of para-hydroxylation sites is 1. The summed E-state index contributed by atoms with van der Waals surface area (Å²) in [5, 5.41) is 1.12. The monoisotopic (exact) mass is 346 g/mol. The van der Waals surface area contributed by atoms with E-state index in [1.807, 2.05) is 19.1 Å². The van der Waals surface area contributed by atoms with Gasteiger partial charge < -0.3 is 0 Å². The molecule has 3 rings (SSSR count). The largest absolute Gasteiger partial charge is 0.287 e. The van der Waals surface area contributed by atoms with Crippen LogP contribution in [0, 0.1) is 11.6 Å². The van der Waals surface area contributed by atoms with Crippen molar-refractivity contribution < 1.29 is 8.78 Å². The second-order valence-corrected chi connectivity index (χ2v) is 6.34. The highest BCUT2D eigenvalue weighted by molar-refractivity contribution is 7.98. The zero-order valence-corrected chi connectivity index (χ0v) is 13.9. The maximum absolute atomic E-state index is 13.8. The van der Waals surface area contributed by atoms with Crippen molar-refractivity contribution in [3.05, 3.63) is 70.0 Å². The normalized spacial score (nSPS) is 11.1. The molecule has 0 fully saturated rings. The molecule has 1 heterocycles. The Balaban J connectivity index is 1.98. The maximum atomic E-state index is 13.8. The lowest BCUT2D eigenvalue weighted by atomic mass is 10.2. The van der Waals surface area contributed by atoms with E-state index in [-0.39, 0.29) is 11.3 Å². The lowest BCUT2D eigenvalue weighted by Crippen LogP contribution is -2.23. The molecule has 0 spiro atoms. The molecule has 2 aromatic carbocycles. The molecular formula is C18H16F2N2OS. The van der Waals surface area contributed by atoms with Crippen molar-refractivity contribution in [2.75, 3.05) is 0 Å². The van der Waals surface area contributed by atoms with Crippen molar-refractivity contribution in [3.8, 4) is 0 Å². The number of benzene rings is 2. The van der Waals surface area contributed by atoms with Gasteiger partial charge >= 0.3 is 0 Å². The maximum Gasteiger partial charge on any atom is 0.262 e. The van der Waals surface area contributed by atoms with Gasteiger partial charge in [0.25, 0.3) is 5.56 Å². The van der Waals surface area contributed by atoms with Gasteiger partial charge in [-0.2, -0.15) is 0 Å². The Morgan fingerprint density at radius 2 is 1.96 bits per heavy atom. The van der Waals surface area contributed by atoms with Crippen LogP contribution in [-0.2, 0) is 12.3 Å². The zero-order chi connectivity index (χ0) is 17.1. The molecule has 0 bridgehead atoms. The van der Waals surface area contributed by atoms with Crippen molar-refractivity contribution >= 4 is 22.7 Å². The van der Waals surface area contributed by atoms with Crippen molar-refractivity contribution in [1.82, 2.24) is 9.55 Å². The molecule has 0 unspecified atom stereocenters. The SMILES string of the molecule is CCCn1c(SCc2ccc(F)cc2F)nc2ccccc2c1=O. The predicted molar refractivity (Wildman–Crippen MR) is 92.2 cm³/mol. The molecule has 1 aromatic heterocycles. The predicted octanol–water partition coefficient (Wildman–Crippen LogP) is 4.38. The molecule has 0 saturated carbocycles. The van der Waals surface area contributed by atoms with Gasteiger partial charge in [-0.15, -0.1) is 0 Å². The van der Waals surface area contributed by atoms with E-state index in [1.54, 1.807) is 16.7 Å². The average molecular weight is 346 g/mol. The van der Waals surface area contributed by atoms with Crippen molar-refractivity contribution in [2.45, 2.75) is 30.8 Å². The molecule has 0 aliphatic carbocycles. The van der Waals surface area contributed by atoms with E-state index in [4.69, 9.17) is 0 Å². The average Bonchev–Trinajstić information content (AvgIpc) is 2.57. The fourth-order valence-corrected chi connectivity index (χ4v) is 3.47. The number of halogens is 2. The Labute approximate surface area is 142 Å². The van der Waals surface area contributed by atoms with Gasteiger partial charge in [0, 0.05) is 18.4 Å². The van der Waals surface area contributed by atoms with Gasteiger partial charge in [0.15, 0.2) is 5.16 Å². The molecule has 0 N–H and O–H groups in total. The summed E-state index contributed by atoms with van der Waals surface area (Å²) in [7, 11) is 0. The van der Waals surface area contributed by atoms with E-state index in [1.165, 1.54) is 23.9 Å². The number of nitrogens with zero attached hydrogens (tertiary/aromatic N) is 2. The van der Waals surface area contributed by atoms with E-state index < -0.39 is 11.6 Å². The summed E-state index contributed by atoms with van der Waals surface area (Å²) in [4.78, 5) is 17.2. The summed E-state index contributed by atoms with van der Waals surface area (Å²) in [6, 6.07) is 10.7. The van der Waals surface area contributed by atoms with E-state index in [0.29, 0.717) is 28.2 Å². The molecule has 0 saturated heterocycles. The first-order valence-corrected chi connectivity index (χ1v) is 8.65. The molecule has 3 nitrogen and oxygen atoms in total. The number of fused-ring (bicyclic) bond motifs is 1. The Kier molecular flexibility index (Phi) is 4.94. The Hall–Kier alpha value is -2.21. The number of rotatable bonds is 5. The van der Waals surface area contributed by atoms with Gasteiger partial charge in [-0.25, -0.2) is 13.8 Å². The van der Waals surface area contributed by atoms with E-state index >= 15 is 0 Å². The minimum absolute atomic E-state index is 0.0930. The Bertz CT molecular complexity index is 940. The molecule has 6 heteroatoms.